The summed E-state index contributed by atoms with van der Waals surface area (Å²) in [6.07, 6.45) is 9.62. The van der Waals surface area contributed by atoms with Crippen LogP contribution in [0.2, 0.25) is 37.8 Å². The quantitative estimate of drug-likeness (QED) is 0.275. The summed E-state index contributed by atoms with van der Waals surface area (Å²) in [4.78, 5) is 60.6. The molecule has 3 heterocycles. The highest BCUT2D eigenvalue weighted by Gasteiger charge is 2.41. The van der Waals surface area contributed by atoms with Crippen molar-refractivity contribution in [3.8, 4) is 0 Å². The molecule has 12 heteroatoms. The minimum atomic E-state index is -2.23. The van der Waals surface area contributed by atoms with E-state index in [-0.39, 0.29) is 47.3 Å². The highest BCUT2D eigenvalue weighted by atomic mass is 32.1. The molecule has 9 nitrogen and oxygen atoms in total. The maximum atomic E-state index is 14.2. The number of ether oxygens (including phenoxy) is 1. The van der Waals surface area contributed by atoms with E-state index in [2.05, 4.69) is 58.8 Å². The van der Waals surface area contributed by atoms with Crippen molar-refractivity contribution in [2.75, 3.05) is 13.1 Å². The fraction of sp³-hybridized carbons (Fsp3) is 0.649. The molecule has 0 spiro atoms. The third kappa shape index (κ3) is 11.2. The van der Waals surface area contributed by atoms with E-state index in [0.29, 0.717) is 36.6 Å². The number of ketones is 1. The normalized spacial score (nSPS) is 26.9. The molecular weight excluding hydrogens is 671 g/mol. The fourth-order valence-corrected chi connectivity index (χ4v) is 10.4. The molecule has 1 fully saturated rings. The predicted octanol–water partition coefficient (Wildman–Crippen LogP) is 6.58. The predicted molar refractivity (Wildman–Crippen MR) is 203 cm³/mol. The average Bonchev–Trinajstić information content (AvgIpc) is 3.63. The Balaban J connectivity index is 2.06. The summed E-state index contributed by atoms with van der Waals surface area (Å²) in [5.41, 5.74) is 1.29. The Morgan fingerprint density at radius 2 is 1.76 bits per heavy atom. The first-order chi connectivity index (χ1) is 22.6. The third-order valence-electron chi connectivity index (χ3n) is 9.57. The Kier molecular flexibility index (Phi) is 13.8. The van der Waals surface area contributed by atoms with E-state index >= 15 is 0 Å². The van der Waals surface area contributed by atoms with E-state index in [9.17, 15) is 19.2 Å². The number of esters is 1. The number of amides is 2. The minimum Gasteiger partial charge on any atom is -0.460 e. The van der Waals surface area contributed by atoms with Gasteiger partial charge in [0.25, 0.3) is 5.91 Å². The average molecular weight is 730 g/mol. The Morgan fingerprint density at radius 1 is 1.08 bits per heavy atom. The van der Waals surface area contributed by atoms with Gasteiger partial charge in [0.15, 0.2) is 8.32 Å². The van der Waals surface area contributed by atoms with Gasteiger partial charge in [0.05, 0.1) is 20.6 Å². The second-order valence-corrected chi connectivity index (χ2v) is 27.7. The van der Waals surface area contributed by atoms with Crippen LogP contribution in [0.15, 0.2) is 36.0 Å². The second-order valence-electron chi connectivity index (χ2n) is 16.5. The molecule has 2 aliphatic heterocycles. The monoisotopic (exact) mass is 729 g/mol. The number of hydrogen-bond acceptors (Lipinski definition) is 8. The van der Waals surface area contributed by atoms with Crippen molar-refractivity contribution >= 4 is 55.8 Å². The van der Waals surface area contributed by atoms with Crippen LogP contribution in [-0.4, -0.2) is 81.2 Å². The largest absolute Gasteiger partial charge is 0.460 e. The lowest BCUT2D eigenvalue weighted by Crippen LogP contribution is -2.47. The van der Waals surface area contributed by atoms with Crippen molar-refractivity contribution in [2.45, 2.75) is 130 Å². The molecule has 4 atom stereocenters. The Hall–Kier alpha value is -2.68. The van der Waals surface area contributed by atoms with Gasteiger partial charge >= 0.3 is 5.97 Å². The first-order valence-electron chi connectivity index (χ1n) is 17.6. The van der Waals surface area contributed by atoms with Gasteiger partial charge in [0, 0.05) is 29.9 Å². The summed E-state index contributed by atoms with van der Waals surface area (Å²) in [6, 6.07) is -0.717. The van der Waals surface area contributed by atoms with E-state index in [0.717, 1.165) is 10.1 Å². The summed E-state index contributed by atoms with van der Waals surface area (Å²) in [5.74, 6) is -1.21. The van der Waals surface area contributed by atoms with Crippen LogP contribution in [0.4, 0.5) is 0 Å². The number of thiazole rings is 1. The molecule has 1 saturated heterocycles. The Labute approximate surface area is 300 Å². The van der Waals surface area contributed by atoms with Crippen molar-refractivity contribution in [1.82, 2.24) is 15.2 Å². The molecule has 1 N–H and O–H groups in total. The van der Waals surface area contributed by atoms with Gasteiger partial charge in [0.1, 0.15) is 28.6 Å². The molecule has 2 aliphatic rings. The summed E-state index contributed by atoms with van der Waals surface area (Å²) >= 11 is 1.46. The number of cyclic esters (lactones) is 1. The lowest BCUT2D eigenvalue weighted by Gasteiger charge is -2.38. The highest BCUT2D eigenvalue weighted by Crippen LogP contribution is 2.38. The number of rotatable bonds is 4. The number of hydrogen-bond donors (Lipinski definition) is 1. The number of nitrogens with zero attached hydrogens (tertiary/aromatic N) is 2. The standard InChI is InChI=1S/C37H59N3O6SSi2/c1-24(2)33-26(4)17-18-30(42)38-19-13-15-25(3)21-28(46-49(11,12)37(5,6)7)22-27(41)23-31-39-32(36(47-31)48(8,9)10)34(43)40-20-14-16-29(40)35(44)45-33/h13,15,17-18,21,24,26,28-29,33H,14,16,19-20,22-23H2,1-12H3,(H,38,42)/b15-13+,18-17+,25-21+/t26-,28?,29-,33-/m1/s1. The smallest absolute Gasteiger partial charge is 0.329 e. The number of nitrogens with one attached hydrogen (secondary N) is 1. The Morgan fingerprint density at radius 3 is 2.37 bits per heavy atom. The van der Waals surface area contributed by atoms with Crippen molar-refractivity contribution in [1.29, 1.82) is 0 Å². The van der Waals surface area contributed by atoms with Gasteiger partial charge in [-0.2, -0.15) is 0 Å². The van der Waals surface area contributed by atoms with E-state index in [4.69, 9.17) is 14.1 Å². The fourth-order valence-electron chi connectivity index (χ4n) is 5.86. The summed E-state index contributed by atoms with van der Waals surface area (Å²) in [7, 11) is -4.28. The molecule has 272 valence electrons. The zero-order chi connectivity index (χ0) is 36.9. The minimum absolute atomic E-state index is 0.00837. The lowest BCUT2D eigenvalue weighted by molar-refractivity contribution is -0.158. The van der Waals surface area contributed by atoms with Crippen molar-refractivity contribution in [3.63, 3.8) is 0 Å². The number of allylic oxidation sites excluding steroid dienone is 2. The van der Waals surface area contributed by atoms with Crippen LogP contribution in [-0.2, 0) is 30.0 Å². The molecule has 0 saturated carbocycles. The molecule has 0 radical (unpaired) electrons. The number of carbonyl (C=O) groups excluding carboxylic acids is 4. The number of Topliss-reactive ketones (excluding diaryl/α,β-unsaturated/α-hetero) is 1. The van der Waals surface area contributed by atoms with Gasteiger partial charge in [-0.3, -0.25) is 14.4 Å². The van der Waals surface area contributed by atoms with Crippen LogP contribution >= 0.6 is 11.3 Å². The molecule has 49 heavy (non-hydrogen) atoms. The molecule has 3 rings (SSSR count). The molecule has 1 aromatic rings. The van der Waals surface area contributed by atoms with Crippen LogP contribution in [0.5, 0.6) is 0 Å². The molecular formula is C37H59N3O6SSi2. The van der Waals surface area contributed by atoms with Gasteiger partial charge < -0.3 is 19.4 Å². The zero-order valence-electron chi connectivity index (χ0n) is 31.8. The van der Waals surface area contributed by atoms with E-state index in [1.807, 2.05) is 45.9 Å². The van der Waals surface area contributed by atoms with Gasteiger partial charge in [-0.1, -0.05) is 91.1 Å². The van der Waals surface area contributed by atoms with E-state index < -0.39 is 40.6 Å². The Bertz CT molecular complexity index is 1470. The summed E-state index contributed by atoms with van der Waals surface area (Å²) in [5, 5.41) is 3.44. The van der Waals surface area contributed by atoms with Crippen molar-refractivity contribution in [2.24, 2.45) is 11.8 Å². The van der Waals surface area contributed by atoms with Crippen molar-refractivity contribution < 1.29 is 28.3 Å². The molecule has 2 bridgehead atoms. The molecule has 1 unspecified atom stereocenters. The van der Waals surface area contributed by atoms with E-state index in [1.54, 1.807) is 11.0 Å². The van der Waals surface area contributed by atoms with Crippen LogP contribution in [0.3, 0.4) is 0 Å². The van der Waals surface area contributed by atoms with Gasteiger partial charge in [0.2, 0.25) is 5.91 Å². The number of aromatic nitrogens is 1. The van der Waals surface area contributed by atoms with Gasteiger partial charge in [-0.25, -0.2) is 9.78 Å². The van der Waals surface area contributed by atoms with E-state index in [1.165, 1.54) is 17.4 Å². The third-order valence-corrected chi connectivity index (χ3v) is 18.7. The number of fused-ring (bicyclic) bond motifs is 3. The van der Waals surface area contributed by atoms with Crippen LogP contribution in [0.1, 0.15) is 83.2 Å². The SMILES string of the molecule is CC1=C\C(O[Si](C)(C)C(C)(C)C)CC(=O)Cc2nc(c([Si](C)(C)C)s2)C(=O)N2CCC[C@@H]2C(=O)O[C@H](C(C)C)[C@H](C)/C=C/C(=O)NC\C=C\1. The second kappa shape index (κ2) is 16.6. The molecule has 2 amide bonds. The van der Waals surface area contributed by atoms with Crippen LogP contribution in [0.25, 0.3) is 0 Å². The summed E-state index contributed by atoms with van der Waals surface area (Å²) < 4.78 is 13.8. The molecule has 0 aliphatic carbocycles. The maximum Gasteiger partial charge on any atom is 0.329 e. The first kappa shape index (κ1) is 40.8. The van der Waals surface area contributed by atoms with Crippen molar-refractivity contribution in [3.05, 3.63) is 46.7 Å². The lowest BCUT2D eigenvalue weighted by atomic mass is 9.94. The van der Waals surface area contributed by atoms with Gasteiger partial charge in [-0.05, 0) is 49.9 Å². The topological polar surface area (TPSA) is 115 Å². The molecule has 1 aromatic heterocycles. The van der Waals surface area contributed by atoms with Crippen LogP contribution < -0.4 is 9.82 Å². The zero-order valence-corrected chi connectivity index (χ0v) is 34.6. The summed E-state index contributed by atoms with van der Waals surface area (Å²) in [6.45, 7) is 26.0. The maximum absolute atomic E-state index is 14.2. The number of carbonyl (C=O) groups is 4. The van der Waals surface area contributed by atoms with Gasteiger partial charge in [-0.15, -0.1) is 11.3 Å². The first-order valence-corrected chi connectivity index (χ1v) is 24.9. The molecule has 0 aromatic carbocycles. The highest BCUT2D eigenvalue weighted by molar-refractivity contribution is 7.26. The van der Waals surface area contributed by atoms with Crippen LogP contribution in [0, 0.1) is 11.8 Å².